The molecular formula is C20H22N2O2. The van der Waals surface area contributed by atoms with Gasteiger partial charge in [0, 0.05) is 24.1 Å². The van der Waals surface area contributed by atoms with Gasteiger partial charge in [-0.3, -0.25) is 4.79 Å². The number of anilines is 1. The molecule has 2 aromatic rings. The summed E-state index contributed by atoms with van der Waals surface area (Å²) in [4.78, 5) is 14.6. The number of hydrogen-bond acceptors (Lipinski definition) is 3. The van der Waals surface area contributed by atoms with E-state index < -0.39 is 5.66 Å². The van der Waals surface area contributed by atoms with Crippen molar-refractivity contribution >= 4 is 17.7 Å². The van der Waals surface area contributed by atoms with Crippen LogP contribution in [-0.4, -0.2) is 18.1 Å². The van der Waals surface area contributed by atoms with Gasteiger partial charge in [0.25, 0.3) is 0 Å². The molecule has 1 N–H and O–H groups in total. The zero-order chi connectivity index (χ0) is 16.9. The Bertz CT molecular complexity index is 834. The second-order valence-electron chi connectivity index (χ2n) is 7.14. The summed E-state index contributed by atoms with van der Waals surface area (Å²) in [5, 5.41) is 3.26. The maximum Gasteiger partial charge on any atom is 0.223 e. The van der Waals surface area contributed by atoms with Gasteiger partial charge in [0.1, 0.15) is 17.2 Å². The Labute approximate surface area is 142 Å². The largest absolute Gasteiger partial charge is 0.462 e. The summed E-state index contributed by atoms with van der Waals surface area (Å²) >= 11 is 0. The average molecular weight is 322 g/mol. The summed E-state index contributed by atoms with van der Waals surface area (Å²) < 4.78 is 5.67. The molecule has 124 valence electrons. The number of para-hydroxylation sites is 1. The smallest absolute Gasteiger partial charge is 0.223 e. The molecule has 1 atom stereocenters. The minimum atomic E-state index is -0.577. The van der Waals surface area contributed by atoms with Crippen molar-refractivity contribution in [3.05, 3.63) is 59.6 Å². The van der Waals surface area contributed by atoms with E-state index in [1.54, 1.807) is 0 Å². The number of carbonyl (C=O) groups is 1. The van der Waals surface area contributed by atoms with Crippen LogP contribution in [0.15, 0.2) is 46.9 Å². The summed E-state index contributed by atoms with van der Waals surface area (Å²) in [6, 6.07) is 12.3. The third-order valence-electron chi connectivity index (χ3n) is 5.39. The Kier molecular flexibility index (Phi) is 3.14. The van der Waals surface area contributed by atoms with E-state index in [1.165, 1.54) is 11.3 Å². The Hall–Kier alpha value is -2.49. The number of rotatable bonds is 2. The molecule has 1 fully saturated rings. The van der Waals surface area contributed by atoms with Gasteiger partial charge in [-0.1, -0.05) is 32.0 Å². The van der Waals surface area contributed by atoms with E-state index in [4.69, 9.17) is 4.42 Å². The highest BCUT2D eigenvalue weighted by Crippen LogP contribution is 2.52. The molecule has 0 spiro atoms. The first kappa shape index (κ1) is 15.1. The molecule has 0 aliphatic carbocycles. The second-order valence-corrected chi connectivity index (χ2v) is 7.14. The van der Waals surface area contributed by atoms with Gasteiger partial charge in [-0.25, -0.2) is 0 Å². The Morgan fingerprint density at radius 1 is 1.21 bits per heavy atom. The minimum absolute atomic E-state index is 0.0902. The number of hydrogen-bond donors (Lipinski definition) is 1. The van der Waals surface area contributed by atoms with Crippen molar-refractivity contribution in [3.63, 3.8) is 0 Å². The van der Waals surface area contributed by atoms with Crippen LogP contribution in [0.5, 0.6) is 0 Å². The highest BCUT2D eigenvalue weighted by molar-refractivity contribution is 5.84. The van der Waals surface area contributed by atoms with Gasteiger partial charge in [0.2, 0.25) is 5.91 Å². The van der Waals surface area contributed by atoms with Crippen LogP contribution < -0.4 is 10.2 Å². The van der Waals surface area contributed by atoms with Crippen LogP contribution in [0.25, 0.3) is 6.08 Å². The number of carbonyl (C=O) groups excluding carboxylic acids is 1. The first-order valence-electron chi connectivity index (χ1n) is 8.38. The monoisotopic (exact) mass is 322 g/mol. The summed E-state index contributed by atoms with van der Waals surface area (Å²) in [6.07, 6.45) is 4.57. The van der Waals surface area contributed by atoms with Crippen molar-refractivity contribution in [2.24, 2.45) is 0 Å². The van der Waals surface area contributed by atoms with Crippen molar-refractivity contribution < 1.29 is 9.21 Å². The number of furan rings is 1. The normalized spacial score (nSPS) is 24.8. The van der Waals surface area contributed by atoms with Gasteiger partial charge >= 0.3 is 0 Å². The van der Waals surface area contributed by atoms with Crippen molar-refractivity contribution in [2.45, 2.75) is 38.3 Å². The average Bonchev–Trinajstić information content (AvgIpc) is 3.05. The predicted molar refractivity (Wildman–Crippen MR) is 94.8 cm³/mol. The SMILES string of the molecule is Cc1ccc(/C=C/[C@]23NC(=O)CCN2c2ccccc2C3(C)C)o1. The molecule has 2 aliphatic rings. The number of fused-ring (bicyclic) bond motifs is 3. The maximum atomic E-state index is 12.3. The zero-order valence-corrected chi connectivity index (χ0v) is 14.3. The molecule has 4 heteroatoms. The maximum absolute atomic E-state index is 12.3. The Morgan fingerprint density at radius 2 is 2.00 bits per heavy atom. The van der Waals surface area contributed by atoms with Crippen molar-refractivity contribution in [1.82, 2.24) is 5.32 Å². The minimum Gasteiger partial charge on any atom is -0.462 e. The van der Waals surface area contributed by atoms with Gasteiger partial charge in [0.15, 0.2) is 0 Å². The van der Waals surface area contributed by atoms with Crippen LogP contribution in [0, 0.1) is 6.92 Å². The molecule has 4 nitrogen and oxygen atoms in total. The lowest BCUT2D eigenvalue weighted by Gasteiger charge is -2.49. The quantitative estimate of drug-likeness (QED) is 0.918. The van der Waals surface area contributed by atoms with E-state index in [-0.39, 0.29) is 11.3 Å². The topological polar surface area (TPSA) is 45.5 Å². The molecule has 1 amide bonds. The summed E-state index contributed by atoms with van der Waals surface area (Å²) in [6.45, 7) is 7.03. The highest BCUT2D eigenvalue weighted by atomic mass is 16.3. The number of nitrogens with one attached hydrogen (secondary N) is 1. The summed E-state index contributed by atoms with van der Waals surface area (Å²) in [5.41, 5.74) is 1.63. The van der Waals surface area contributed by atoms with Crippen LogP contribution in [0.3, 0.4) is 0 Å². The van der Waals surface area contributed by atoms with Crippen LogP contribution >= 0.6 is 0 Å². The highest BCUT2D eigenvalue weighted by Gasteiger charge is 2.57. The fourth-order valence-corrected chi connectivity index (χ4v) is 4.06. The number of nitrogens with zero attached hydrogens (tertiary/aromatic N) is 1. The predicted octanol–water partition coefficient (Wildman–Crippen LogP) is 3.62. The first-order chi connectivity index (χ1) is 11.4. The van der Waals surface area contributed by atoms with Crippen LogP contribution in [-0.2, 0) is 10.2 Å². The molecule has 1 saturated heterocycles. The molecule has 1 aromatic carbocycles. The molecule has 2 aliphatic heterocycles. The molecule has 4 rings (SSSR count). The zero-order valence-electron chi connectivity index (χ0n) is 14.3. The first-order valence-corrected chi connectivity index (χ1v) is 8.38. The standard InChI is InChI=1S/C20H22N2O2/c1-14-8-9-15(24-14)10-12-20-19(2,3)16-6-4-5-7-17(16)22(20)13-11-18(23)21-20/h4-10,12H,11,13H2,1-3H3,(H,21,23)/b12-10+/t20-/m0/s1. The van der Waals surface area contributed by atoms with Gasteiger partial charge in [-0.15, -0.1) is 0 Å². The molecule has 0 bridgehead atoms. The molecule has 0 saturated carbocycles. The van der Waals surface area contributed by atoms with Crippen LogP contribution in [0.1, 0.15) is 37.4 Å². The summed E-state index contributed by atoms with van der Waals surface area (Å²) in [5.74, 6) is 1.77. The van der Waals surface area contributed by atoms with Gasteiger partial charge < -0.3 is 14.6 Å². The number of aryl methyl sites for hydroxylation is 1. The van der Waals surface area contributed by atoms with E-state index in [0.29, 0.717) is 13.0 Å². The fourth-order valence-electron chi connectivity index (χ4n) is 4.06. The van der Waals surface area contributed by atoms with Crippen LogP contribution in [0.2, 0.25) is 0 Å². The molecule has 24 heavy (non-hydrogen) atoms. The lowest BCUT2D eigenvalue weighted by Crippen LogP contribution is -2.68. The fraction of sp³-hybridized carbons (Fsp3) is 0.350. The van der Waals surface area contributed by atoms with Crippen LogP contribution in [0.4, 0.5) is 5.69 Å². The van der Waals surface area contributed by atoms with E-state index in [1.807, 2.05) is 25.1 Å². The number of amides is 1. The lowest BCUT2D eigenvalue weighted by molar-refractivity contribution is -0.124. The van der Waals surface area contributed by atoms with Crippen molar-refractivity contribution in [2.75, 3.05) is 11.4 Å². The Morgan fingerprint density at radius 3 is 2.75 bits per heavy atom. The summed E-state index contributed by atoms with van der Waals surface area (Å²) in [7, 11) is 0. The number of benzene rings is 1. The third-order valence-corrected chi connectivity index (χ3v) is 5.39. The van der Waals surface area contributed by atoms with E-state index in [0.717, 1.165) is 11.5 Å². The molecule has 0 radical (unpaired) electrons. The van der Waals surface area contributed by atoms with E-state index >= 15 is 0 Å². The third kappa shape index (κ3) is 1.95. The molecule has 1 aromatic heterocycles. The molecular weight excluding hydrogens is 300 g/mol. The van der Waals surface area contributed by atoms with Crippen molar-refractivity contribution in [1.29, 1.82) is 0 Å². The van der Waals surface area contributed by atoms with Gasteiger partial charge in [0.05, 0.1) is 0 Å². The molecule has 0 unspecified atom stereocenters. The molecule has 3 heterocycles. The van der Waals surface area contributed by atoms with E-state index in [2.05, 4.69) is 54.4 Å². The van der Waals surface area contributed by atoms with Gasteiger partial charge in [-0.05, 0) is 42.8 Å². The van der Waals surface area contributed by atoms with Gasteiger partial charge in [-0.2, -0.15) is 0 Å². The van der Waals surface area contributed by atoms with Crippen molar-refractivity contribution in [3.8, 4) is 0 Å². The Balaban J connectivity index is 1.85. The second kappa shape index (κ2) is 5.00. The lowest BCUT2D eigenvalue weighted by atomic mass is 9.74. The van der Waals surface area contributed by atoms with E-state index in [9.17, 15) is 4.79 Å².